The molecule has 1 aliphatic rings. The molecule has 2 aromatic carbocycles. The van der Waals surface area contributed by atoms with Crippen molar-refractivity contribution in [2.45, 2.75) is 18.9 Å². The zero-order valence-electron chi connectivity index (χ0n) is 14.3. The van der Waals surface area contributed by atoms with Gasteiger partial charge >= 0.3 is 6.03 Å². The van der Waals surface area contributed by atoms with E-state index in [1.807, 2.05) is 29.2 Å². The molecular formula is C19H21ClN2O3. The molecule has 1 heterocycles. The van der Waals surface area contributed by atoms with Gasteiger partial charge < -0.3 is 19.7 Å². The largest absolute Gasteiger partial charge is 0.497 e. The topological polar surface area (TPSA) is 50.8 Å². The van der Waals surface area contributed by atoms with Crippen molar-refractivity contribution in [2.75, 3.05) is 26.1 Å². The lowest BCUT2D eigenvalue weighted by atomic mass is 10.0. The average Bonchev–Trinajstić information content (AvgIpc) is 3.12. The number of halogens is 1. The number of urea groups is 1. The second kappa shape index (κ2) is 7.66. The van der Waals surface area contributed by atoms with E-state index in [9.17, 15) is 4.79 Å². The Kier molecular flexibility index (Phi) is 5.34. The molecule has 3 rings (SSSR count). The van der Waals surface area contributed by atoms with E-state index in [4.69, 9.17) is 21.1 Å². The third-order valence-electron chi connectivity index (χ3n) is 4.43. The summed E-state index contributed by atoms with van der Waals surface area (Å²) in [5.74, 6) is 1.23. The van der Waals surface area contributed by atoms with Gasteiger partial charge in [0.2, 0.25) is 0 Å². The number of hydrogen-bond donors (Lipinski definition) is 1. The van der Waals surface area contributed by atoms with Gasteiger partial charge in [-0.25, -0.2) is 4.79 Å². The second-order valence-corrected chi connectivity index (χ2v) is 6.28. The minimum Gasteiger partial charge on any atom is -0.497 e. The van der Waals surface area contributed by atoms with E-state index in [1.54, 1.807) is 32.4 Å². The van der Waals surface area contributed by atoms with Gasteiger partial charge in [-0.05, 0) is 36.6 Å². The number of hydrogen-bond acceptors (Lipinski definition) is 3. The monoisotopic (exact) mass is 360 g/mol. The highest BCUT2D eigenvalue weighted by Crippen LogP contribution is 2.37. The van der Waals surface area contributed by atoms with Crippen LogP contribution >= 0.6 is 11.6 Å². The zero-order valence-corrected chi connectivity index (χ0v) is 15.0. The van der Waals surface area contributed by atoms with Crippen LogP contribution in [0.3, 0.4) is 0 Å². The third kappa shape index (κ3) is 3.66. The fraction of sp³-hybridized carbons (Fsp3) is 0.316. The molecule has 1 N–H and O–H groups in total. The number of benzene rings is 2. The SMILES string of the molecule is COc1ccc(NC(=O)N2CCC[C@@H]2c2ccccc2Cl)c(OC)c1. The van der Waals surface area contributed by atoms with Gasteiger partial charge in [0.25, 0.3) is 0 Å². The molecule has 0 radical (unpaired) electrons. The summed E-state index contributed by atoms with van der Waals surface area (Å²) in [4.78, 5) is 14.6. The quantitative estimate of drug-likeness (QED) is 0.857. The Morgan fingerprint density at radius 2 is 2.00 bits per heavy atom. The summed E-state index contributed by atoms with van der Waals surface area (Å²) in [5, 5.41) is 3.63. The molecule has 0 unspecified atom stereocenters. The van der Waals surface area contributed by atoms with Crippen molar-refractivity contribution >= 4 is 23.3 Å². The molecule has 1 atom stereocenters. The molecule has 25 heavy (non-hydrogen) atoms. The predicted molar refractivity (Wildman–Crippen MR) is 98.7 cm³/mol. The smallest absolute Gasteiger partial charge is 0.322 e. The molecule has 2 amide bonds. The van der Waals surface area contributed by atoms with Gasteiger partial charge in [0.1, 0.15) is 11.5 Å². The summed E-state index contributed by atoms with van der Waals surface area (Å²) in [5.41, 5.74) is 1.59. The molecule has 132 valence electrons. The maximum absolute atomic E-state index is 12.8. The van der Waals surface area contributed by atoms with Gasteiger partial charge in [-0.1, -0.05) is 29.8 Å². The number of nitrogens with one attached hydrogen (secondary N) is 1. The number of ether oxygens (including phenoxy) is 2. The summed E-state index contributed by atoms with van der Waals surface area (Å²) in [6, 6.07) is 12.8. The summed E-state index contributed by atoms with van der Waals surface area (Å²) in [6.07, 6.45) is 1.85. The molecule has 1 aliphatic heterocycles. The van der Waals surface area contributed by atoms with E-state index >= 15 is 0 Å². The van der Waals surface area contributed by atoms with Crippen LogP contribution in [-0.4, -0.2) is 31.7 Å². The van der Waals surface area contributed by atoms with E-state index in [2.05, 4.69) is 5.32 Å². The highest BCUT2D eigenvalue weighted by Gasteiger charge is 2.31. The number of carbonyl (C=O) groups is 1. The first-order valence-corrected chi connectivity index (χ1v) is 8.56. The van der Waals surface area contributed by atoms with Crippen LogP contribution < -0.4 is 14.8 Å². The Balaban J connectivity index is 1.80. The van der Waals surface area contributed by atoms with Crippen LogP contribution in [0.2, 0.25) is 5.02 Å². The zero-order chi connectivity index (χ0) is 17.8. The maximum Gasteiger partial charge on any atom is 0.322 e. The molecule has 0 bridgehead atoms. The van der Waals surface area contributed by atoms with Crippen LogP contribution in [0.4, 0.5) is 10.5 Å². The first kappa shape index (κ1) is 17.4. The van der Waals surface area contributed by atoms with Crippen LogP contribution in [0, 0.1) is 0 Å². The van der Waals surface area contributed by atoms with E-state index in [0.717, 1.165) is 18.4 Å². The number of amides is 2. The van der Waals surface area contributed by atoms with Crippen molar-refractivity contribution in [2.24, 2.45) is 0 Å². The molecule has 2 aromatic rings. The van der Waals surface area contributed by atoms with Crippen molar-refractivity contribution in [3.63, 3.8) is 0 Å². The highest BCUT2D eigenvalue weighted by molar-refractivity contribution is 6.31. The lowest BCUT2D eigenvalue weighted by Crippen LogP contribution is -2.34. The van der Waals surface area contributed by atoms with Crippen LogP contribution in [0.1, 0.15) is 24.4 Å². The fourth-order valence-corrected chi connectivity index (χ4v) is 3.43. The molecule has 0 spiro atoms. The number of anilines is 1. The van der Waals surface area contributed by atoms with Crippen LogP contribution in [-0.2, 0) is 0 Å². The summed E-state index contributed by atoms with van der Waals surface area (Å²) in [6.45, 7) is 0.695. The van der Waals surface area contributed by atoms with Gasteiger partial charge in [0.15, 0.2) is 0 Å². The molecule has 0 saturated carbocycles. The van der Waals surface area contributed by atoms with Crippen LogP contribution in [0.5, 0.6) is 11.5 Å². The Hall–Kier alpha value is -2.40. The minimum atomic E-state index is -0.161. The average molecular weight is 361 g/mol. The first-order valence-electron chi connectivity index (χ1n) is 8.18. The predicted octanol–water partition coefficient (Wildman–Crippen LogP) is 4.73. The van der Waals surface area contributed by atoms with Gasteiger partial charge in [0.05, 0.1) is 25.9 Å². The molecule has 6 heteroatoms. The number of rotatable bonds is 4. The highest BCUT2D eigenvalue weighted by atomic mass is 35.5. The molecule has 1 saturated heterocycles. The first-order chi connectivity index (χ1) is 12.1. The van der Waals surface area contributed by atoms with Crippen molar-refractivity contribution in [1.82, 2.24) is 4.90 Å². The number of likely N-dealkylation sites (tertiary alicyclic amines) is 1. The van der Waals surface area contributed by atoms with E-state index < -0.39 is 0 Å². The summed E-state index contributed by atoms with van der Waals surface area (Å²) >= 11 is 6.32. The molecule has 0 aliphatic carbocycles. The summed E-state index contributed by atoms with van der Waals surface area (Å²) in [7, 11) is 3.15. The Labute approximate surface area is 152 Å². The fourth-order valence-electron chi connectivity index (χ4n) is 3.17. The van der Waals surface area contributed by atoms with Gasteiger partial charge in [-0.3, -0.25) is 0 Å². The van der Waals surface area contributed by atoms with E-state index in [0.29, 0.717) is 28.8 Å². The van der Waals surface area contributed by atoms with Crippen molar-refractivity contribution in [3.8, 4) is 11.5 Å². The molecular weight excluding hydrogens is 340 g/mol. The van der Waals surface area contributed by atoms with Gasteiger partial charge in [-0.2, -0.15) is 0 Å². The lowest BCUT2D eigenvalue weighted by Gasteiger charge is -2.26. The van der Waals surface area contributed by atoms with Crippen LogP contribution in [0.25, 0.3) is 0 Å². The maximum atomic E-state index is 12.8. The van der Waals surface area contributed by atoms with Gasteiger partial charge in [-0.15, -0.1) is 0 Å². The third-order valence-corrected chi connectivity index (χ3v) is 4.77. The molecule has 5 nitrogen and oxygen atoms in total. The lowest BCUT2D eigenvalue weighted by molar-refractivity contribution is 0.207. The molecule has 1 fully saturated rings. The number of methoxy groups -OCH3 is 2. The van der Waals surface area contributed by atoms with Crippen molar-refractivity contribution in [3.05, 3.63) is 53.1 Å². The van der Waals surface area contributed by atoms with E-state index in [-0.39, 0.29) is 12.1 Å². The number of nitrogens with zero attached hydrogens (tertiary/aromatic N) is 1. The van der Waals surface area contributed by atoms with E-state index in [1.165, 1.54) is 0 Å². The minimum absolute atomic E-state index is 0.0158. The Morgan fingerprint density at radius 3 is 2.72 bits per heavy atom. The second-order valence-electron chi connectivity index (χ2n) is 5.87. The standard InChI is InChI=1S/C19H21ClN2O3/c1-24-13-9-10-16(18(12-13)25-2)21-19(23)22-11-5-8-17(22)14-6-3-4-7-15(14)20/h3-4,6-7,9-10,12,17H,5,8,11H2,1-2H3,(H,21,23)/t17-/m1/s1. The van der Waals surface area contributed by atoms with Crippen molar-refractivity contribution in [1.29, 1.82) is 0 Å². The van der Waals surface area contributed by atoms with Crippen LogP contribution in [0.15, 0.2) is 42.5 Å². The van der Waals surface area contributed by atoms with Crippen molar-refractivity contribution < 1.29 is 14.3 Å². The molecule has 0 aromatic heterocycles. The Bertz CT molecular complexity index is 766. The Morgan fingerprint density at radius 1 is 1.20 bits per heavy atom. The van der Waals surface area contributed by atoms with Gasteiger partial charge in [0, 0.05) is 17.6 Å². The number of carbonyl (C=O) groups excluding carboxylic acids is 1. The normalized spacial score (nSPS) is 16.6. The summed E-state index contributed by atoms with van der Waals surface area (Å²) < 4.78 is 10.5.